The van der Waals surface area contributed by atoms with Crippen molar-refractivity contribution in [2.45, 2.75) is 25.8 Å². The molecule has 1 aromatic heterocycles. The topological polar surface area (TPSA) is 132 Å². The predicted molar refractivity (Wildman–Crippen MR) is 148 cm³/mol. The number of amides is 1. The minimum atomic E-state index is -0.438. The van der Waals surface area contributed by atoms with Crippen molar-refractivity contribution >= 4 is 40.1 Å². The molecule has 0 radical (unpaired) electrons. The van der Waals surface area contributed by atoms with Crippen LogP contribution in [0.4, 0.5) is 27.9 Å². The monoisotopic (exact) mass is 528 g/mol. The number of hydrogen-bond acceptors (Lipinski definition) is 9. The number of aromatic nitrogens is 2. The lowest BCUT2D eigenvalue weighted by Crippen LogP contribution is -2.42. The van der Waals surface area contributed by atoms with Gasteiger partial charge in [-0.05, 0) is 62.2 Å². The zero-order chi connectivity index (χ0) is 27.2. The molecule has 1 fully saturated rings. The van der Waals surface area contributed by atoms with E-state index in [2.05, 4.69) is 20.6 Å². The number of carbonyl (C=O) groups is 1. The van der Waals surface area contributed by atoms with Crippen molar-refractivity contribution < 1.29 is 19.2 Å². The van der Waals surface area contributed by atoms with Gasteiger partial charge in [0.15, 0.2) is 0 Å². The van der Waals surface area contributed by atoms with Crippen molar-refractivity contribution in [3.8, 4) is 11.5 Å². The number of nitrogens with one attached hydrogen (secondary N) is 2. The summed E-state index contributed by atoms with van der Waals surface area (Å²) in [6.45, 7) is 3.20. The minimum absolute atomic E-state index is 0.0234. The second-order valence-corrected chi connectivity index (χ2v) is 9.02. The molecule has 2 N–H and O–H groups in total. The molecule has 1 saturated heterocycles. The first-order chi connectivity index (χ1) is 19.0. The number of carbonyl (C=O) groups excluding carboxylic acids is 1. The summed E-state index contributed by atoms with van der Waals surface area (Å²) in [5.74, 6) is 2.27. The van der Waals surface area contributed by atoms with Gasteiger partial charge < -0.3 is 25.0 Å². The summed E-state index contributed by atoms with van der Waals surface area (Å²) in [4.78, 5) is 34.0. The normalized spacial score (nSPS) is 13.6. The van der Waals surface area contributed by atoms with Gasteiger partial charge in [-0.15, -0.1) is 0 Å². The number of fused-ring (bicyclic) bond motifs is 1. The largest absolute Gasteiger partial charge is 0.457 e. The molecule has 200 valence electrons. The number of rotatable bonds is 8. The van der Waals surface area contributed by atoms with Gasteiger partial charge in [0.25, 0.3) is 5.69 Å². The number of hydrogen-bond donors (Lipinski definition) is 2. The fourth-order valence-corrected chi connectivity index (χ4v) is 4.37. The molecular weight excluding hydrogens is 500 g/mol. The van der Waals surface area contributed by atoms with E-state index in [9.17, 15) is 14.9 Å². The summed E-state index contributed by atoms with van der Waals surface area (Å²) in [5.41, 5.74) is 1.28. The third-order valence-electron chi connectivity index (χ3n) is 6.34. The Bertz CT molecular complexity index is 1460. The number of anilines is 3. The Morgan fingerprint density at radius 1 is 1.03 bits per heavy atom. The van der Waals surface area contributed by atoms with Crippen LogP contribution in [0.3, 0.4) is 0 Å². The fourth-order valence-electron chi connectivity index (χ4n) is 4.37. The van der Waals surface area contributed by atoms with E-state index < -0.39 is 4.92 Å². The van der Waals surface area contributed by atoms with Gasteiger partial charge in [-0.3, -0.25) is 10.1 Å². The molecule has 2 heterocycles. The molecule has 0 atom stereocenters. The van der Waals surface area contributed by atoms with Crippen LogP contribution in [0.25, 0.3) is 10.9 Å². The molecular formula is C28H28N6O5. The first kappa shape index (κ1) is 25.7. The van der Waals surface area contributed by atoms with Crippen molar-refractivity contribution in [3.63, 3.8) is 0 Å². The van der Waals surface area contributed by atoms with Crippen LogP contribution in [0, 0.1) is 10.1 Å². The summed E-state index contributed by atoms with van der Waals surface area (Å²) < 4.78 is 11.0. The van der Waals surface area contributed by atoms with Crippen LogP contribution < -0.4 is 15.4 Å². The Labute approximate surface area is 224 Å². The van der Waals surface area contributed by atoms with E-state index in [0.29, 0.717) is 61.0 Å². The molecule has 1 amide bonds. The number of nitrogens with zero attached hydrogens (tertiary/aromatic N) is 4. The average molecular weight is 529 g/mol. The van der Waals surface area contributed by atoms with E-state index in [-0.39, 0.29) is 17.8 Å². The van der Waals surface area contributed by atoms with E-state index in [1.165, 1.54) is 12.1 Å². The molecule has 0 spiro atoms. The molecule has 0 bridgehead atoms. The summed E-state index contributed by atoms with van der Waals surface area (Å²) in [7, 11) is 0. The molecule has 0 saturated carbocycles. The Hall–Kier alpha value is -4.93. The molecule has 39 heavy (non-hydrogen) atoms. The molecule has 11 heteroatoms. The number of benzene rings is 3. The lowest BCUT2D eigenvalue weighted by Gasteiger charge is -2.32. The minimum Gasteiger partial charge on any atom is -0.457 e. The van der Waals surface area contributed by atoms with Gasteiger partial charge in [0, 0.05) is 42.3 Å². The molecule has 1 aliphatic heterocycles. The number of nitro groups is 1. The van der Waals surface area contributed by atoms with E-state index in [1.54, 1.807) is 17.9 Å². The van der Waals surface area contributed by atoms with Crippen molar-refractivity contribution in [3.05, 3.63) is 82.9 Å². The number of non-ortho nitro benzene ring substituents is 1. The van der Waals surface area contributed by atoms with Crippen LogP contribution in [-0.2, 0) is 4.74 Å². The number of ether oxygens (including phenoxy) is 2. The van der Waals surface area contributed by atoms with Crippen LogP contribution in [0.1, 0.15) is 19.8 Å². The Morgan fingerprint density at radius 3 is 2.44 bits per heavy atom. The van der Waals surface area contributed by atoms with E-state index in [0.717, 1.165) is 11.4 Å². The summed E-state index contributed by atoms with van der Waals surface area (Å²) in [5, 5.41) is 18.6. The smallest absolute Gasteiger partial charge is 0.409 e. The van der Waals surface area contributed by atoms with Crippen molar-refractivity contribution in [1.29, 1.82) is 0 Å². The van der Waals surface area contributed by atoms with Gasteiger partial charge in [0.05, 0.1) is 17.0 Å². The first-order valence-electron chi connectivity index (χ1n) is 12.7. The predicted octanol–water partition coefficient (Wildman–Crippen LogP) is 6.11. The van der Waals surface area contributed by atoms with Crippen molar-refractivity contribution in [1.82, 2.24) is 14.9 Å². The van der Waals surface area contributed by atoms with Gasteiger partial charge >= 0.3 is 6.09 Å². The highest BCUT2D eigenvalue weighted by molar-refractivity contribution is 5.92. The van der Waals surface area contributed by atoms with Crippen molar-refractivity contribution in [2.24, 2.45) is 0 Å². The molecule has 3 aromatic carbocycles. The van der Waals surface area contributed by atoms with E-state index >= 15 is 0 Å². The lowest BCUT2D eigenvalue weighted by molar-refractivity contribution is -0.384. The number of para-hydroxylation sites is 1. The summed E-state index contributed by atoms with van der Waals surface area (Å²) in [6, 6.07) is 21.5. The third kappa shape index (κ3) is 6.32. The highest BCUT2D eigenvalue weighted by Gasteiger charge is 2.25. The van der Waals surface area contributed by atoms with Gasteiger partial charge in [0.2, 0.25) is 5.95 Å². The highest BCUT2D eigenvalue weighted by atomic mass is 16.6. The summed E-state index contributed by atoms with van der Waals surface area (Å²) in [6.07, 6.45) is 1.06. The zero-order valence-corrected chi connectivity index (χ0v) is 21.4. The van der Waals surface area contributed by atoms with Crippen LogP contribution in [0.2, 0.25) is 0 Å². The average Bonchev–Trinajstić information content (AvgIpc) is 2.95. The molecule has 11 nitrogen and oxygen atoms in total. The number of piperidine rings is 1. The highest BCUT2D eigenvalue weighted by Crippen LogP contribution is 2.30. The maximum absolute atomic E-state index is 12.1. The van der Waals surface area contributed by atoms with Crippen LogP contribution in [0.5, 0.6) is 11.5 Å². The second-order valence-electron chi connectivity index (χ2n) is 9.02. The molecule has 5 rings (SSSR count). The Kier molecular flexibility index (Phi) is 7.67. The molecule has 4 aromatic rings. The van der Waals surface area contributed by atoms with Crippen LogP contribution in [0.15, 0.2) is 72.8 Å². The second kappa shape index (κ2) is 11.6. The fraction of sp³-hybridized carbons (Fsp3) is 0.250. The van der Waals surface area contributed by atoms with Crippen molar-refractivity contribution in [2.75, 3.05) is 30.3 Å². The van der Waals surface area contributed by atoms with Gasteiger partial charge in [0.1, 0.15) is 17.3 Å². The number of likely N-dealkylation sites (tertiary alicyclic amines) is 1. The van der Waals surface area contributed by atoms with Crippen LogP contribution in [-0.4, -0.2) is 51.6 Å². The van der Waals surface area contributed by atoms with Crippen LogP contribution >= 0.6 is 0 Å². The van der Waals surface area contributed by atoms with E-state index in [1.807, 2.05) is 54.6 Å². The van der Waals surface area contributed by atoms with Gasteiger partial charge in [-0.25, -0.2) is 9.78 Å². The van der Waals surface area contributed by atoms with Gasteiger partial charge in [-0.2, -0.15) is 4.98 Å². The summed E-state index contributed by atoms with van der Waals surface area (Å²) >= 11 is 0. The standard InChI is InChI=1S/C28H28N6O5/c1-2-38-28(35)33-16-14-20(15-17-33)29-26-24-18-21(34(36)37)10-13-25(24)31-27(32-26)30-19-8-11-23(12-9-19)39-22-6-4-3-5-7-22/h3-13,18,20H,2,14-17H2,1H3,(H2,29,30,31,32). The van der Waals surface area contributed by atoms with E-state index in [4.69, 9.17) is 9.47 Å². The maximum Gasteiger partial charge on any atom is 0.409 e. The molecule has 0 unspecified atom stereocenters. The van der Waals surface area contributed by atoms with Gasteiger partial charge in [-0.1, -0.05) is 18.2 Å². The maximum atomic E-state index is 12.1. The Balaban J connectivity index is 1.35. The molecule has 1 aliphatic rings. The SMILES string of the molecule is CCOC(=O)N1CCC(Nc2nc(Nc3ccc(Oc4ccccc4)cc3)nc3ccc([N+](=O)[O-])cc23)CC1. The molecule has 0 aliphatic carbocycles. The quantitative estimate of drug-likeness (QED) is 0.205. The zero-order valence-electron chi connectivity index (χ0n) is 21.4. The number of nitro benzene ring substituents is 1. The first-order valence-corrected chi connectivity index (χ1v) is 12.7. The Morgan fingerprint density at radius 2 is 1.74 bits per heavy atom. The third-order valence-corrected chi connectivity index (χ3v) is 6.34. The lowest BCUT2D eigenvalue weighted by atomic mass is 10.1.